The third kappa shape index (κ3) is 2.35. The van der Waals surface area contributed by atoms with Crippen LogP contribution in [0.1, 0.15) is 0 Å². The van der Waals surface area contributed by atoms with Crippen molar-refractivity contribution in [3.63, 3.8) is 0 Å². The van der Waals surface area contributed by atoms with Crippen LogP contribution < -0.4 is 0 Å². The van der Waals surface area contributed by atoms with Crippen LogP contribution >= 0.6 is 22.7 Å². The molecule has 4 aromatic carbocycles. The van der Waals surface area contributed by atoms with Crippen molar-refractivity contribution in [2.45, 2.75) is 0 Å². The van der Waals surface area contributed by atoms with Crippen LogP contribution in [0, 0.1) is 0 Å². The smallest absolute Gasteiger partial charge is 0.0442 e. The fourth-order valence-corrected chi connectivity index (χ4v) is 6.44. The van der Waals surface area contributed by atoms with Gasteiger partial charge in [0.1, 0.15) is 0 Å². The van der Waals surface area contributed by atoms with Gasteiger partial charge in [-0.1, -0.05) is 84.9 Å². The molecule has 0 N–H and O–H groups in total. The molecule has 0 unspecified atom stereocenters. The summed E-state index contributed by atoms with van der Waals surface area (Å²) in [5, 5.41) is 8.96. The number of thiophene rings is 2. The Morgan fingerprint density at radius 1 is 0.464 bits per heavy atom. The summed E-state index contributed by atoms with van der Waals surface area (Å²) in [5.41, 5.74) is 2.68. The van der Waals surface area contributed by atoms with E-state index in [1.807, 2.05) is 22.7 Å². The number of fused-ring (bicyclic) bond motifs is 3. The first-order chi connectivity index (χ1) is 13.9. The van der Waals surface area contributed by atoms with Crippen LogP contribution in [0.3, 0.4) is 0 Å². The molecule has 0 aliphatic heterocycles. The van der Waals surface area contributed by atoms with E-state index in [-0.39, 0.29) is 0 Å². The molecule has 0 fully saturated rings. The molecule has 0 aliphatic carbocycles. The van der Waals surface area contributed by atoms with E-state index in [2.05, 4.69) is 96.4 Å². The van der Waals surface area contributed by atoms with Crippen molar-refractivity contribution < 1.29 is 0 Å². The fraction of sp³-hybridized carbons (Fsp3) is 0. The van der Waals surface area contributed by atoms with Gasteiger partial charge in [-0.05, 0) is 16.8 Å². The molecule has 6 aromatic rings. The zero-order valence-electron chi connectivity index (χ0n) is 15.1. The average Bonchev–Trinajstić information content (AvgIpc) is 3.35. The molecule has 2 heteroatoms. The molecule has 28 heavy (non-hydrogen) atoms. The molecule has 0 atom stereocenters. The van der Waals surface area contributed by atoms with Crippen molar-refractivity contribution in [2.24, 2.45) is 0 Å². The first-order valence-corrected chi connectivity index (χ1v) is 11.1. The summed E-state index contributed by atoms with van der Waals surface area (Å²) in [6, 6.07) is 32.9. The van der Waals surface area contributed by atoms with E-state index < -0.39 is 0 Å². The molecule has 0 amide bonds. The monoisotopic (exact) mass is 392 g/mol. The highest BCUT2D eigenvalue weighted by Crippen LogP contribution is 2.48. The third-order valence-electron chi connectivity index (χ3n) is 5.38. The summed E-state index contributed by atoms with van der Waals surface area (Å²) in [7, 11) is 0. The fourth-order valence-electron chi connectivity index (χ4n) is 4.07. The molecule has 0 bridgehead atoms. The summed E-state index contributed by atoms with van der Waals surface area (Å²) >= 11 is 3.75. The SMILES string of the molecule is c1ccc2c(-c3sc(-c4csc5ccccc45)c4ccccc34)cccc2c1. The van der Waals surface area contributed by atoms with Gasteiger partial charge in [0.15, 0.2) is 0 Å². The van der Waals surface area contributed by atoms with Gasteiger partial charge < -0.3 is 0 Å². The Morgan fingerprint density at radius 2 is 1.07 bits per heavy atom. The molecular weight excluding hydrogens is 376 g/mol. The first kappa shape index (κ1) is 16.1. The number of hydrogen-bond acceptors (Lipinski definition) is 2. The van der Waals surface area contributed by atoms with Crippen molar-refractivity contribution in [1.29, 1.82) is 0 Å². The Labute approximate surface area is 171 Å². The summed E-state index contributed by atoms with van der Waals surface area (Å²) in [4.78, 5) is 2.73. The van der Waals surface area contributed by atoms with Crippen molar-refractivity contribution >= 4 is 54.3 Å². The van der Waals surface area contributed by atoms with E-state index in [4.69, 9.17) is 0 Å². The Hall–Kier alpha value is -2.94. The van der Waals surface area contributed by atoms with Crippen LogP contribution in [0.4, 0.5) is 0 Å². The van der Waals surface area contributed by atoms with Crippen LogP contribution in [-0.4, -0.2) is 0 Å². The standard InChI is InChI=1S/C26H16S2/c1-2-10-18-17(8-1)9-7-14-20(18)25-21-12-3-4-13-22(21)26(28-25)23-16-27-24-15-6-5-11-19(23)24/h1-16H. The molecule has 0 radical (unpaired) electrons. The molecular formula is C26H16S2. The number of hydrogen-bond donors (Lipinski definition) is 0. The predicted molar refractivity (Wildman–Crippen MR) is 126 cm³/mol. The lowest BCUT2D eigenvalue weighted by Gasteiger charge is -2.05. The maximum absolute atomic E-state index is 2.32. The molecule has 6 rings (SSSR count). The molecule has 2 aromatic heterocycles. The topological polar surface area (TPSA) is 0 Å². The Balaban J connectivity index is 1.70. The van der Waals surface area contributed by atoms with Crippen LogP contribution in [-0.2, 0) is 0 Å². The average molecular weight is 393 g/mol. The van der Waals surface area contributed by atoms with E-state index in [0.717, 1.165) is 0 Å². The maximum Gasteiger partial charge on any atom is 0.0442 e. The lowest BCUT2D eigenvalue weighted by molar-refractivity contribution is 1.74. The summed E-state index contributed by atoms with van der Waals surface area (Å²) in [5.74, 6) is 0. The zero-order valence-corrected chi connectivity index (χ0v) is 16.7. The van der Waals surface area contributed by atoms with Crippen LogP contribution in [0.2, 0.25) is 0 Å². The van der Waals surface area contributed by atoms with Gasteiger partial charge in [-0.2, -0.15) is 0 Å². The molecule has 0 nitrogen and oxygen atoms in total. The van der Waals surface area contributed by atoms with E-state index in [0.29, 0.717) is 0 Å². The van der Waals surface area contributed by atoms with Gasteiger partial charge in [0.25, 0.3) is 0 Å². The highest BCUT2D eigenvalue weighted by molar-refractivity contribution is 7.22. The highest BCUT2D eigenvalue weighted by Gasteiger charge is 2.17. The van der Waals surface area contributed by atoms with Gasteiger partial charge in [-0.25, -0.2) is 0 Å². The minimum absolute atomic E-state index is 1.29. The minimum Gasteiger partial charge on any atom is -0.143 e. The quantitative estimate of drug-likeness (QED) is 0.277. The van der Waals surface area contributed by atoms with Gasteiger partial charge in [0.05, 0.1) is 0 Å². The molecule has 132 valence electrons. The van der Waals surface area contributed by atoms with Gasteiger partial charge in [-0.3, -0.25) is 0 Å². The Kier molecular flexibility index (Phi) is 3.61. The van der Waals surface area contributed by atoms with Crippen molar-refractivity contribution in [2.75, 3.05) is 0 Å². The van der Waals surface area contributed by atoms with Crippen LogP contribution in [0.25, 0.3) is 52.5 Å². The Morgan fingerprint density at radius 3 is 1.89 bits per heavy atom. The third-order valence-corrected chi connectivity index (χ3v) is 7.63. The van der Waals surface area contributed by atoms with Gasteiger partial charge in [0.2, 0.25) is 0 Å². The largest absolute Gasteiger partial charge is 0.143 e. The molecule has 2 heterocycles. The second-order valence-electron chi connectivity index (χ2n) is 6.98. The van der Waals surface area contributed by atoms with E-state index in [9.17, 15) is 0 Å². The van der Waals surface area contributed by atoms with E-state index in [1.54, 1.807) is 0 Å². The highest BCUT2D eigenvalue weighted by atomic mass is 32.1. The second-order valence-corrected chi connectivity index (χ2v) is 8.91. The number of benzene rings is 4. The van der Waals surface area contributed by atoms with Gasteiger partial charge in [-0.15, -0.1) is 22.7 Å². The molecule has 0 aliphatic rings. The number of rotatable bonds is 2. The van der Waals surface area contributed by atoms with Gasteiger partial charge in [0, 0.05) is 47.1 Å². The van der Waals surface area contributed by atoms with Crippen molar-refractivity contribution in [1.82, 2.24) is 0 Å². The summed E-state index contributed by atoms with van der Waals surface area (Å²) < 4.78 is 1.35. The van der Waals surface area contributed by atoms with Crippen LogP contribution in [0.15, 0.2) is 96.4 Å². The van der Waals surface area contributed by atoms with Gasteiger partial charge >= 0.3 is 0 Å². The second kappa shape index (κ2) is 6.30. The van der Waals surface area contributed by atoms with E-state index >= 15 is 0 Å². The Bertz CT molecular complexity index is 1460. The lowest BCUT2D eigenvalue weighted by atomic mass is 10.00. The molecule has 0 spiro atoms. The summed E-state index contributed by atoms with van der Waals surface area (Å²) in [6.45, 7) is 0. The van der Waals surface area contributed by atoms with Crippen LogP contribution in [0.5, 0.6) is 0 Å². The zero-order chi connectivity index (χ0) is 18.5. The first-order valence-electron chi connectivity index (χ1n) is 9.36. The molecule has 0 saturated carbocycles. The van der Waals surface area contributed by atoms with E-state index in [1.165, 1.54) is 52.5 Å². The van der Waals surface area contributed by atoms with Crippen molar-refractivity contribution in [3.8, 4) is 20.9 Å². The van der Waals surface area contributed by atoms with Crippen molar-refractivity contribution in [3.05, 3.63) is 96.4 Å². The maximum atomic E-state index is 2.32. The predicted octanol–water partition coefficient (Wildman–Crippen LogP) is 8.60. The minimum atomic E-state index is 1.29. The normalized spacial score (nSPS) is 11.6. The summed E-state index contributed by atoms with van der Waals surface area (Å²) in [6.07, 6.45) is 0. The molecule has 0 saturated heterocycles. The lowest BCUT2D eigenvalue weighted by Crippen LogP contribution is -1.78.